The first-order chi connectivity index (χ1) is 8.84. The molecule has 0 fully saturated rings. The zero-order chi connectivity index (χ0) is 12.4. The van der Waals surface area contributed by atoms with Crippen molar-refractivity contribution in [2.75, 3.05) is 0 Å². The van der Waals surface area contributed by atoms with Crippen molar-refractivity contribution in [3.8, 4) is 5.75 Å². The standard InChI is InChI=1S/C13H10BrN3O/c14-11-7-4-8-12-15-16-13(17(11)12)9-18-10-5-2-1-3-6-10/h1-8H,9H2. The fraction of sp³-hybridized carbons (Fsp3) is 0.0769. The third-order valence-corrected chi connectivity index (χ3v) is 3.18. The molecule has 0 spiro atoms. The zero-order valence-corrected chi connectivity index (χ0v) is 11.0. The first-order valence-corrected chi connectivity index (χ1v) is 6.30. The minimum atomic E-state index is 0.383. The third-order valence-electron chi connectivity index (χ3n) is 2.56. The lowest BCUT2D eigenvalue weighted by atomic mass is 10.3. The van der Waals surface area contributed by atoms with Crippen LogP contribution in [-0.2, 0) is 6.61 Å². The zero-order valence-electron chi connectivity index (χ0n) is 9.45. The van der Waals surface area contributed by atoms with Crippen LogP contribution in [0.1, 0.15) is 5.82 Å². The van der Waals surface area contributed by atoms with E-state index in [4.69, 9.17) is 4.74 Å². The fourth-order valence-electron chi connectivity index (χ4n) is 1.72. The Morgan fingerprint density at radius 3 is 2.67 bits per heavy atom. The van der Waals surface area contributed by atoms with Gasteiger partial charge in [0, 0.05) is 0 Å². The normalized spacial score (nSPS) is 10.7. The maximum absolute atomic E-state index is 5.67. The number of fused-ring (bicyclic) bond motifs is 1. The van der Waals surface area contributed by atoms with Crippen molar-refractivity contribution in [3.63, 3.8) is 0 Å². The van der Waals surface area contributed by atoms with Gasteiger partial charge in [0.2, 0.25) is 0 Å². The van der Waals surface area contributed by atoms with Crippen molar-refractivity contribution in [2.45, 2.75) is 6.61 Å². The third kappa shape index (κ3) is 2.09. The molecule has 0 atom stereocenters. The Kier molecular flexibility index (Phi) is 2.98. The van der Waals surface area contributed by atoms with E-state index in [-0.39, 0.29) is 0 Å². The Bertz CT molecular complexity index is 666. The molecule has 90 valence electrons. The van der Waals surface area contributed by atoms with Gasteiger partial charge in [-0.05, 0) is 40.2 Å². The molecule has 0 aliphatic rings. The number of aromatic nitrogens is 3. The van der Waals surface area contributed by atoms with E-state index in [1.807, 2.05) is 52.9 Å². The summed E-state index contributed by atoms with van der Waals surface area (Å²) in [7, 11) is 0. The van der Waals surface area contributed by atoms with Crippen molar-refractivity contribution < 1.29 is 4.74 Å². The lowest BCUT2D eigenvalue weighted by Crippen LogP contribution is -2.02. The summed E-state index contributed by atoms with van der Waals surface area (Å²) >= 11 is 3.48. The second kappa shape index (κ2) is 4.78. The predicted molar refractivity (Wildman–Crippen MR) is 71.5 cm³/mol. The Morgan fingerprint density at radius 1 is 1.00 bits per heavy atom. The highest BCUT2D eigenvalue weighted by Crippen LogP contribution is 2.16. The molecule has 0 unspecified atom stereocenters. The molecule has 0 saturated carbocycles. The molecule has 4 nitrogen and oxygen atoms in total. The van der Waals surface area contributed by atoms with Crippen LogP contribution in [0.25, 0.3) is 5.65 Å². The maximum Gasteiger partial charge on any atom is 0.176 e. The number of nitrogens with zero attached hydrogens (tertiary/aromatic N) is 3. The summed E-state index contributed by atoms with van der Waals surface area (Å²) in [5.41, 5.74) is 0.802. The predicted octanol–water partition coefficient (Wildman–Crippen LogP) is 3.07. The van der Waals surface area contributed by atoms with Crippen LogP contribution in [0.5, 0.6) is 5.75 Å². The first-order valence-electron chi connectivity index (χ1n) is 5.51. The summed E-state index contributed by atoms with van der Waals surface area (Å²) in [6.45, 7) is 0.383. The monoisotopic (exact) mass is 303 g/mol. The summed E-state index contributed by atoms with van der Waals surface area (Å²) in [4.78, 5) is 0. The lowest BCUT2D eigenvalue weighted by molar-refractivity contribution is 0.294. The Labute approximate surface area is 112 Å². The molecule has 0 aliphatic heterocycles. The van der Waals surface area contributed by atoms with Crippen LogP contribution >= 0.6 is 15.9 Å². The summed E-state index contributed by atoms with van der Waals surface area (Å²) in [6, 6.07) is 15.4. The largest absolute Gasteiger partial charge is 0.486 e. The van der Waals surface area contributed by atoms with Gasteiger partial charge in [-0.3, -0.25) is 4.40 Å². The average Bonchev–Trinajstić information content (AvgIpc) is 2.82. The van der Waals surface area contributed by atoms with Crippen molar-refractivity contribution in [2.24, 2.45) is 0 Å². The van der Waals surface area contributed by atoms with Crippen LogP contribution in [0.4, 0.5) is 0 Å². The number of ether oxygens (including phenoxy) is 1. The lowest BCUT2D eigenvalue weighted by Gasteiger charge is -2.05. The van der Waals surface area contributed by atoms with E-state index in [1.165, 1.54) is 0 Å². The number of halogens is 1. The van der Waals surface area contributed by atoms with Gasteiger partial charge in [-0.2, -0.15) is 0 Å². The van der Waals surface area contributed by atoms with Crippen molar-refractivity contribution in [3.05, 3.63) is 59.0 Å². The van der Waals surface area contributed by atoms with Gasteiger partial charge in [0.25, 0.3) is 0 Å². The van der Waals surface area contributed by atoms with E-state index in [2.05, 4.69) is 26.1 Å². The van der Waals surface area contributed by atoms with Gasteiger partial charge in [-0.25, -0.2) is 0 Å². The van der Waals surface area contributed by atoms with Crippen LogP contribution in [0.3, 0.4) is 0 Å². The van der Waals surface area contributed by atoms with Crippen LogP contribution in [0.2, 0.25) is 0 Å². The molecule has 2 heterocycles. The first kappa shape index (κ1) is 11.2. The van der Waals surface area contributed by atoms with Gasteiger partial charge < -0.3 is 4.74 Å². The van der Waals surface area contributed by atoms with Gasteiger partial charge in [0.1, 0.15) is 12.4 Å². The highest BCUT2D eigenvalue weighted by atomic mass is 79.9. The molecule has 0 aliphatic carbocycles. The number of rotatable bonds is 3. The average molecular weight is 304 g/mol. The quantitative estimate of drug-likeness (QED) is 0.698. The van der Waals surface area contributed by atoms with Crippen LogP contribution in [0.15, 0.2) is 53.1 Å². The van der Waals surface area contributed by atoms with Gasteiger partial charge in [0.05, 0.1) is 4.60 Å². The number of pyridine rings is 1. The molecule has 0 bridgehead atoms. The molecular formula is C13H10BrN3O. The summed E-state index contributed by atoms with van der Waals surface area (Å²) in [5, 5.41) is 8.22. The summed E-state index contributed by atoms with van der Waals surface area (Å²) in [6.07, 6.45) is 0. The fourth-order valence-corrected chi connectivity index (χ4v) is 2.26. The highest BCUT2D eigenvalue weighted by Gasteiger charge is 2.08. The van der Waals surface area contributed by atoms with Crippen molar-refractivity contribution in [1.82, 2.24) is 14.6 Å². The van der Waals surface area contributed by atoms with Crippen molar-refractivity contribution in [1.29, 1.82) is 0 Å². The molecular weight excluding hydrogens is 294 g/mol. The van der Waals surface area contributed by atoms with E-state index in [9.17, 15) is 0 Å². The minimum Gasteiger partial charge on any atom is -0.486 e. The molecule has 1 aromatic carbocycles. The molecule has 3 aromatic rings. The number of benzene rings is 1. The molecule has 2 aromatic heterocycles. The van der Waals surface area contributed by atoms with Gasteiger partial charge in [-0.1, -0.05) is 24.3 Å². The van der Waals surface area contributed by atoms with E-state index in [1.54, 1.807) is 0 Å². The maximum atomic E-state index is 5.67. The number of hydrogen-bond donors (Lipinski definition) is 0. The van der Waals surface area contributed by atoms with Crippen LogP contribution in [0, 0.1) is 0 Å². The SMILES string of the molecule is Brc1cccc2nnc(COc3ccccc3)n12. The molecule has 18 heavy (non-hydrogen) atoms. The van der Waals surface area contributed by atoms with Crippen molar-refractivity contribution >= 4 is 21.6 Å². The van der Waals surface area contributed by atoms with Gasteiger partial charge in [0.15, 0.2) is 11.5 Å². The summed E-state index contributed by atoms with van der Waals surface area (Å²) < 4.78 is 8.50. The second-order valence-electron chi connectivity index (χ2n) is 3.76. The van der Waals surface area contributed by atoms with E-state index < -0.39 is 0 Å². The topological polar surface area (TPSA) is 39.4 Å². The van der Waals surface area contributed by atoms with Crippen LogP contribution in [-0.4, -0.2) is 14.6 Å². The molecule has 3 rings (SSSR count). The molecule has 0 N–H and O–H groups in total. The van der Waals surface area contributed by atoms with E-state index in [0.717, 1.165) is 21.8 Å². The molecule has 0 saturated heterocycles. The van der Waals surface area contributed by atoms with Crippen LogP contribution < -0.4 is 4.74 Å². The van der Waals surface area contributed by atoms with E-state index >= 15 is 0 Å². The Hall–Kier alpha value is -1.88. The molecule has 0 radical (unpaired) electrons. The number of para-hydroxylation sites is 1. The molecule has 5 heteroatoms. The van der Waals surface area contributed by atoms with Gasteiger partial charge >= 0.3 is 0 Å². The van der Waals surface area contributed by atoms with E-state index in [0.29, 0.717) is 6.61 Å². The number of hydrogen-bond acceptors (Lipinski definition) is 3. The highest BCUT2D eigenvalue weighted by molar-refractivity contribution is 9.10. The Morgan fingerprint density at radius 2 is 1.83 bits per heavy atom. The smallest absolute Gasteiger partial charge is 0.176 e. The Balaban J connectivity index is 1.87. The molecule has 0 amide bonds. The second-order valence-corrected chi connectivity index (χ2v) is 4.57. The minimum absolute atomic E-state index is 0.383. The summed E-state index contributed by atoms with van der Waals surface area (Å²) in [5.74, 6) is 1.59. The van der Waals surface area contributed by atoms with Gasteiger partial charge in [-0.15, -0.1) is 10.2 Å².